The van der Waals surface area contributed by atoms with E-state index in [4.69, 9.17) is 5.11 Å². The Morgan fingerprint density at radius 2 is 2.00 bits per heavy atom. The Morgan fingerprint density at radius 1 is 1.31 bits per heavy atom. The van der Waals surface area contributed by atoms with Gasteiger partial charge < -0.3 is 20.6 Å². The number of rotatable bonds is 3. The molecule has 0 saturated carbocycles. The highest BCUT2D eigenvalue weighted by atomic mass is 16.3. The van der Waals surface area contributed by atoms with E-state index in [0.717, 1.165) is 12.8 Å². The average Bonchev–Trinajstić information content (AvgIpc) is 2.14. The molecule has 0 spiro atoms. The van der Waals surface area contributed by atoms with Crippen molar-refractivity contribution in [1.29, 1.82) is 0 Å². The molecule has 0 radical (unpaired) electrons. The Balaban J connectivity index is 2.48. The molecule has 1 rings (SSSR count). The Kier molecular flexibility index (Phi) is 4.12. The Bertz CT molecular complexity index is 152. The normalized spacial score (nSPS) is 40.6. The van der Waals surface area contributed by atoms with Crippen LogP contribution in [0.2, 0.25) is 0 Å². The van der Waals surface area contributed by atoms with Gasteiger partial charge in [0.15, 0.2) is 0 Å². The Hall–Kier alpha value is -0.160. The van der Waals surface area contributed by atoms with Crippen molar-refractivity contribution < 1.29 is 15.3 Å². The summed E-state index contributed by atoms with van der Waals surface area (Å²) in [4.78, 5) is 0. The van der Waals surface area contributed by atoms with Gasteiger partial charge in [0, 0.05) is 25.1 Å². The first kappa shape index (κ1) is 10.9. The Morgan fingerprint density at radius 3 is 2.54 bits per heavy atom. The molecule has 0 aromatic carbocycles. The summed E-state index contributed by atoms with van der Waals surface area (Å²) < 4.78 is 0. The minimum absolute atomic E-state index is 0.0252. The lowest BCUT2D eigenvalue weighted by atomic mass is 9.88. The van der Waals surface area contributed by atoms with Crippen LogP contribution in [0.25, 0.3) is 0 Å². The topological polar surface area (TPSA) is 72.7 Å². The first-order valence-corrected chi connectivity index (χ1v) is 4.91. The zero-order chi connectivity index (χ0) is 9.84. The fourth-order valence-corrected chi connectivity index (χ4v) is 1.82. The molecule has 1 saturated heterocycles. The van der Waals surface area contributed by atoms with Crippen molar-refractivity contribution >= 4 is 0 Å². The summed E-state index contributed by atoms with van der Waals surface area (Å²) in [5.41, 5.74) is 0. The predicted octanol–water partition coefficient (Wildman–Crippen LogP) is -0.911. The molecule has 1 fully saturated rings. The highest BCUT2D eigenvalue weighted by Gasteiger charge is 2.35. The van der Waals surface area contributed by atoms with E-state index >= 15 is 0 Å². The summed E-state index contributed by atoms with van der Waals surface area (Å²) >= 11 is 0. The molecule has 0 aromatic heterocycles. The van der Waals surface area contributed by atoms with Crippen LogP contribution in [0.4, 0.5) is 0 Å². The van der Waals surface area contributed by atoms with Crippen LogP contribution in [0, 0.1) is 5.92 Å². The van der Waals surface area contributed by atoms with E-state index in [9.17, 15) is 10.2 Å². The molecule has 0 aromatic rings. The number of aliphatic hydroxyl groups excluding tert-OH is 3. The van der Waals surface area contributed by atoms with E-state index in [-0.39, 0.29) is 18.6 Å². The van der Waals surface area contributed by atoms with E-state index in [2.05, 4.69) is 5.32 Å². The first-order chi connectivity index (χ1) is 6.20. The molecule has 1 aliphatic heterocycles. The highest BCUT2D eigenvalue weighted by Crippen LogP contribution is 2.18. The molecule has 1 heterocycles. The van der Waals surface area contributed by atoms with Gasteiger partial charge in [0.25, 0.3) is 0 Å². The van der Waals surface area contributed by atoms with Crippen molar-refractivity contribution in [2.75, 3.05) is 13.2 Å². The first-order valence-electron chi connectivity index (χ1n) is 4.91. The lowest BCUT2D eigenvalue weighted by molar-refractivity contribution is -0.0723. The molecule has 4 N–H and O–H groups in total. The van der Waals surface area contributed by atoms with Crippen LogP contribution in [0.3, 0.4) is 0 Å². The van der Waals surface area contributed by atoms with Gasteiger partial charge in [-0.05, 0) is 6.42 Å². The van der Waals surface area contributed by atoms with Crippen LogP contribution < -0.4 is 5.32 Å². The Labute approximate surface area is 78.6 Å². The SMILES string of the molecule is CCC[C@H]1NC[C@H](CO)[C@@H](O)[C@@H]1O. The van der Waals surface area contributed by atoms with Gasteiger partial charge in [0.1, 0.15) is 0 Å². The van der Waals surface area contributed by atoms with Gasteiger partial charge in [-0.25, -0.2) is 0 Å². The monoisotopic (exact) mass is 189 g/mol. The summed E-state index contributed by atoms with van der Waals surface area (Å²) in [6.07, 6.45) is 0.301. The van der Waals surface area contributed by atoms with Crippen LogP contribution in [-0.2, 0) is 0 Å². The van der Waals surface area contributed by atoms with E-state index in [1.165, 1.54) is 0 Å². The average molecular weight is 189 g/mol. The second-order valence-electron chi connectivity index (χ2n) is 3.73. The number of aliphatic hydroxyl groups is 3. The quantitative estimate of drug-likeness (QED) is 0.464. The predicted molar refractivity (Wildman–Crippen MR) is 49.3 cm³/mol. The van der Waals surface area contributed by atoms with Crippen LogP contribution in [-0.4, -0.2) is 46.7 Å². The third kappa shape index (κ3) is 2.40. The fourth-order valence-electron chi connectivity index (χ4n) is 1.82. The molecular weight excluding hydrogens is 170 g/mol. The van der Waals surface area contributed by atoms with Crippen molar-refractivity contribution in [2.45, 2.75) is 38.0 Å². The van der Waals surface area contributed by atoms with E-state index in [1.807, 2.05) is 6.92 Å². The molecule has 4 heteroatoms. The maximum absolute atomic E-state index is 9.65. The summed E-state index contributed by atoms with van der Waals surface area (Å²) in [6.45, 7) is 2.54. The molecule has 0 aliphatic carbocycles. The van der Waals surface area contributed by atoms with Gasteiger partial charge in [0.05, 0.1) is 12.2 Å². The summed E-state index contributed by atoms with van der Waals surface area (Å²) in [5, 5.41) is 31.2. The smallest absolute Gasteiger partial charge is 0.0955 e. The minimum atomic E-state index is -0.789. The van der Waals surface area contributed by atoms with Gasteiger partial charge in [-0.2, -0.15) is 0 Å². The zero-order valence-corrected chi connectivity index (χ0v) is 7.98. The van der Waals surface area contributed by atoms with Crippen LogP contribution in [0.5, 0.6) is 0 Å². The molecule has 78 valence electrons. The molecule has 0 bridgehead atoms. The second-order valence-corrected chi connectivity index (χ2v) is 3.73. The summed E-state index contributed by atoms with van der Waals surface area (Å²) in [7, 11) is 0. The van der Waals surface area contributed by atoms with Gasteiger partial charge in [-0.15, -0.1) is 0 Å². The fraction of sp³-hybridized carbons (Fsp3) is 1.00. The number of nitrogens with one attached hydrogen (secondary N) is 1. The van der Waals surface area contributed by atoms with Crippen molar-refractivity contribution in [2.24, 2.45) is 5.92 Å². The minimum Gasteiger partial charge on any atom is -0.396 e. The van der Waals surface area contributed by atoms with Crippen molar-refractivity contribution in [3.63, 3.8) is 0 Å². The van der Waals surface area contributed by atoms with Crippen molar-refractivity contribution in [3.8, 4) is 0 Å². The maximum atomic E-state index is 9.65. The van der Waals surface area contributed by atoms with Gasteiger partial charge in [-0.1, -0.05) is 13.3 Å². The van der Waals surface area contributed by atoms with Gasteiger partial charge in [-0.3, -0.25) is 0 Å². The standard InChI is InChI=1S/C9H19NO3/c1-2-3-7-9(13)8(12)6(5-11)4-10-7/h6-13H,2-5H2,1H3/t6-,7-,8-,9-/m1/s1. The van der Waals surface area contributed by atoms with Crippen LogP contribution in [0.1, 0.15) is 19.8 Å². The van der Waals surface area contributed by atoms with Gasteiger partial charge in [0.2, 0.25) is 0 Å². The van der Waals surface area contributed by atoms with Crippen LogP contribution >= 0.6 is 0 Å². The lowest BCUT2D eigenvalue weighted by Crippen LogP contribution is -2.57. The van der Waals surface area contributed by atoms with Crippen molar-refractivity contribution in [3.05, 3.63) is 0 Å². The molecular formula is C9H19NO3. The number of piperidine rings is 1. The van der Waals surface area contributed by atoms with E-state index in [0.29, 0.717) is 6.54 Å². The maximum Gasteiger partial charge on any atom is 0.0955 e. The number of hydrogen-bond acceptors (Lipinski definition) is 4. The summed E-state index contributed by atoms with van der Waals surface area (Å²) in [6, 6.07) is -0.0252. The lowest BCUT2D eigenvalue weighted by Gasteiger charge is -2.37. The number of hydrogen-bond donors (Lipinski definition) is 4. The molecule has 1 aliphatic rings. The van der Waals surface area contributed by atoms with E-state index < -0.39 is 12.2 Å². The molecule has 4 nitrogen and oxygen atoms in total. The van der Waals surface area contributed by atoms with Crippen molar-refractivity contribution in [1.82, 2.24) is 5.32 Å². The molecule has 4 atom stereocenters. The third-order valence-electron chi connectivity index (χ3n) is 2.72. The van der Waals surface area contributed by atoms with E-state index in [1.54, 1.807) is 0 Å². The molecule has 0 unspecified atom stereocenters. The second kappa shape index (κ2) is 4.91. The largest absolute Gasteiger partial charge is 0.396 e. The summed E-state index contributed by atoms with van der Waals surface area (Å²) in [5.74, 6) is -0.233. The molecule has 0 amide bonds. The molecule has 13 heavy (non-hydrogen) atoms. The highest BCUT2D eigenvalue weighted by molar-refractivity contribution is 4.91. The zero-order valence-electron chi connectivity index (χ0n) is 7.98. The third-order valence-corrected chi connectivity index (χ3v) is 2.72. The van der Waals surface area contributed by atoms with Crippen LogP contribution in [0.15, 0.2) is 0 Å². The van der Waals surface area contributed by atoms with Gasteiger partial charge >= 0.3 is 0 Å².